The van der Waals surface area contributed by atoms with Crippen LogP contribution in [0.4, 0.5) is 0 Å². The molecule has 0 saturated carbocycles. The first-order chi connectivity index (χ1) is 15.7. The number of nitrogens with zero attached hydrogens (tertiary/aromatic N) is 1. The molecule has 2 unspecified atom stereocenters. The third-order valence-electron chi connectivity index (χ3n) is 6.87. The first kappa shape index (κ1) is 25.1. The Morgan fingerprint density at radius 2 is 1.48 bits per heavy atom. The van der Waals surface area contributed by atoms with Crippen molar-refractivity contribution in [1.29, 1.82) is 0 Å². The van der Waals surface area contributed by atoms with Crippen LogP contribution < -0.4 is 0 Å². The van der Waals surface area contributed by atoms with E-state index in [4.69, 9.17) is 0 Å². The van der Waals surface area contributed by atoms with Crippen LogP contribution in [-0.2, 0) is 4.79 Å². The lowest BCUT2D eigenvalue weighted by molar-refractivity contribution is -0.129. The first-order valence-electron chi connectivity index (χ1n) is 12.3. The molecule has 0 bridgehead atoms. The molecular weight excluding hydrogens is 406 g/mol. The summed E-state index contributed by atoms with van der Waals surface area (Å²) < 4.78 is 0. The highest BCUT2D eigenvalue weighted by atomic mass is 16.3. The molecule has 1 N–H and O–H groups in total. The lowest BCUT2D eigenvalue weighted by Gasteiger charge is -2.41. The highest BCUT2D eigenvalue weighted by molar-refractivity contribution is 5.96. The van der Waals surface area contributed by atoms with Crippen LogP contribution in [0, 0.1) is 5.92 Å². The maximum Gasteiger partial charge on any atom is 0.163 e. The summed E-state index contributed by atoms with van der Waals surface area (Å²) in [6.45, 7) is 13.0. The topological polar surface area (TPSA) is 40.5 Å². The van der Waals surface area contributed by atoms with Gasteiger partial charge >= 0.3 is 0 Å². The zero-order valence-corrected chi connectivity index (χ0v) is 20.8. The summed E-state index contributed by atoms with van der Waals surface area (Å²) in [6, 6.07) is 16.7. The van der Waals surface area contributed by atoms with Crippen LogP contribution in [0.2, 0.25) is 0 Å². The number of carbonyl (C=O) groups excluding carboxylic acids is 1. The van der Waals surface area contributed by atoms with E-state index in [0.717, 1.165) is 24.2 Å². The van der Waals surface area contributed by atoms with E-state index < -0.39 is 11.5 Å². The van der Waals surface area contributed by atoms with Crippen molar-refractivity contribution in [1.82, 2.24) is 4.90 Å². The number of likely N-dealkylation sites (tertiary alicyclic amines) is 1. The van der Waals surface area contributed by atoms with E-state index in [2.05, 4.69) is 75.9 Å². The molecule has 0 aromatic heterocycles. The summed E-state index contributed by atoms with van der Waals surface area (Å²) in [5.41, 5.74) is 3.47. The van der Waals surface area contributed by atoms with Gasteiger partial charge in [-0.25, -0.2) is 0 Å². The number of hydrogen-bond donors (Lipinski definition) is 1. The predicted molar refractivity (Wildman–Crippen MR) is 139 cm³/mol. The van der Waals surface area contributed by atoms with E-state index >= 15 is 0 Å². The Morgan fingerprint density at radius 1 is 0.970 bits per heavy atom. The van der Waals surface area contributed by atoms with E-state index in [-0.39, 0.29) is 5.78 Å². The van der Waals surface area contributed by atoms with Crippen LogP contribution in [0.25, 0.3) is 12.2 Å². The third-order valence-corrected chi connectivity index (χ3v) is 6.87. The Bertz CT molecular complexity index is 969. The van der Waals surface area contributed by atoms with Crippen molar-refractivity contribution in [3.05, 3.63) is 82.9 Å². The van der Waals surface area contributed by atoms with E-state index in [9.17, 15) is 9.90 Å². The lowest BCUT2D eigenvalue weighted by Crippen LogP contribution is -2.53. The lowest BCUT2D eigenvalue weighted by atomic mass is 9.77. The molecule has 2 aromatic rings. The van der Waals surface area contributed by atoms with E-state index in [1.807, 2.05) is 30.4 Å². The summed E-state index contributed by atoms with van der Waals surface area (Å²) in [4.78, 5) is 15.5. The average Bonchev–Trinajstić information content (AvgIpc) is 2.82. The number of rotatable bonds is 8. The van der Waals surface area contributed by atoms with Crippen molar-refractivity contribution in [2.75, 3.05) is 19.6 Å². The fourth-order valence-electron chi connectivity index (χ4n) is 4.36. The predicted octanol–water partition coefficient (Wildman–Crippen LogP) is 6.30. The number of ketones is 1. The van der Waals surface area contributed by atoms with Crippen LogP contribution in [-0.4, -0.2) is 41.0 Å². The van der Waals surface area contributed by atoms with Crippen molar-refractivity contribution < 1.29 is 9.90 Å². The van der Waals surface area contributed by atoms with Gasteiger partial charge in [-0.1, -0.05) is 101 Å². The van der Waals surface area contributed by atoms with Crippen molar-refractivity contribution >= 4 is 17.9 Å². The molecule has 1 saturated heterocycles. The monoisotopic (exact) mass is 445 g/mol. The van der Waals surface area contributed by atoms with Gasteiger partial charge in [0.15, 0.2) is 5.78 Å². The zero-order valence-electron chi connectivity index (χ0n) is 20.8. The summed E-state index contributed by atoms with van der Waals surface area (Å²) in [6.07, 6.45) is 7.86. The maximum absolute atomic E-state index is 13.2. The standard InChI is InChI=1S/C30H39NO2/c1-6-31-20-19-30(33,18-17-25-9-14-27(15-10-25)23(4)5)28(21-31)29(32)16-11-24-7-12-26(13-8-24)22(2)3/h7-18,22-23,28,33H,6,19-21H2,1-5H3. The minimum absolute atomic E-state index is 0.0246. The minimum atomic E-state index is -1.15. The fourth-order valence-corrected chi connectivity index (χ4v) is 4.36. The van der Waals surface area contributed by atoms with Gasteiger partial charge < -0.3 is 10.0 Å². The van der Waals surface area contributed by atoms with Gasteiger partial charge in [-0.05, 0) is 53.1 Å². The Morgan fingerprint density at radius 3 is 1.97 bits per heavy atom. The average molecular weight is 446 g/mol. The van der Waals surface area contributed by atoms with Gasteiger partial charge in [0.2, 0.25) is 0 Å². The molecule has 1 fully saturated rings. The number of allylic oxidation sites excluding steroid dienone is 1. The summed E-state index contributed by atoms with van der Waals surface area (Å²) >= 11 is 0. The quantitative estimate of drug-likeness (QED) is 0.485. The van der Waals surface area contributed by atoms with Gasteiger partial charge in [-0.2, -0.15) is 0 Å². The molecule has 3 nitrogen and oxygen atoms in total. The van der Waals surface area contributed by atoms with E-state index in [0.29, 0.717) is 24.8 Å². The maximum atomic E-state index is 13.2. The summed E-state index contributed by atoms with van der Waals surface area (Å²) in [5.74, 6) is 0.461. The Hall–Kier alpha value is -2.49. The third kappa shape index (κ3) is 6.52. The molecule has 0 spiro atoms. The van der Waals surface area contributed by atoms with Crippen LogP contribution in [0.5, 0.6) is 0 Å². The summed E-state index contributed by atoms with van der Waals surface area (Å²) in [7, 11) is 0. The van der Waals surface area contributed by atoms with Gasteiger partial charge in [-0.15, -0.1) is 0 Å². The van der Waals surface area contributed by atoms with E-state index in [1.54, 1.807) is 6.08 Å². The number of piperidine rings is 1. The Kier molecular flexibility index (Phi) is 8.45. The molecule has 2 atom stereocenters. The molecule has 3 rings (SSSR count). The highest BCUT2D eigenvalue weighted by Crippen LogP contribution is 2.32. The van der Waals surface area contributed by atoms with Gasteiger partial charge in [0.25, 0.3) is 0 Å². The molecule has 1 aliphatic rings. The second-order valence-corrected chi connectivity index (χ2v) is 9.90. The van der Waals surface area contributed by atoms with Gasteiger partial charge in [-0.3, -0.25) is 4.79 Å². The number of carbonyl (C=O) groups is 1. The van der Waals surface area contributed by atoms with Crippen molar-refractivity contribution in [2.24, 2.45) is 5.92 Å². The Labute approximate surface area is 199 Å². The van der Waals surface area contributed by atoms with Gasteiger partial charge in [0, 0.05) is 13.1 Å². The second-order valence-electron chi connectivity index (χ2n) is 9.90. The molecule has 2 aromatic carbocycles. The number of aliphatic hydroxyl groups is 1. The first-order valence-corrected chi connectivity index (χ1v) is 12.3. The van der Waals surface area contributed by atoms with E-state index in [1.165, 1.54) is 11.1 Å². The molecule has 176 valence electrons. The Balaban J connectivity index is 1.78. The molecule has 0 amide bonds. The SMILES string of the molecule is CCN1CCC(O)(C=Cc2ccc(C(C)C)cc2)C(C(=O)C=Cc2ccc(C(C)C)cc2)C1. The van der Waals surface area contributed by atoms with Crippen molar-refractivity contribution in [3.8, 4) is 0 Å². The van der Waals surface area contributed by atoms with Crippen molar-refractivity contribution in [2.45, 2.75) is 58.5 Å². The summed E-state index contributed by atoms with van der Waals surface area (Å²) in [5, 5.41) is 11.5. The number of hydrogen-bond acceptors (Lipinski definition) is 3. The normalized spacial score (nSPS) is 22.1. The van der Waals surface area contributed by atoms with Crippen LogP contribution in [0.3, 0.4) is 0 Å². The molecule has 3 heteroatoms. The zero-order chi connectivity index (χ0) is 24.0. The van der Waals surface area contributed by atoms with Crippen LogP contribution in [0.15, 0.2) is 60.7 Å². The minimum Gasteiger partial charge on any atom is -0.385 e. The van der Waals surface area contributed by atoms with Crippen LogP contribution >= 0.6 is 0 Å². The molecule has 33 heavy (non-hydrogen) atoms. The van der Waals surface area contributed by atoms with Gasteiger partial charge in [0.05, 0.1) is 11.5 Å². The van der Waals surface area contributed by atoms with Crippen LogP contribution in [0.1, 0.15) is 75.1 Å². The van der Waals surface area contributed by atoms with Gasteiger partial charge in [0.1, 0.15) is 0 Å². The fraction of sp³-hybridized carbons (Fsp3) is 0.433. The molecule has 0 aliphatic carbocycles. The molecule has 0 radical (unpaired) electrons. The number of benzene rings is 2. The second kappa shape index (κ2) is 11.1. The molecular formula is C30H39NO2. The van der Waals surface area contributed by atoms with Crippen molar-refractivity contribution in [3.63, 3.8) is 0 Å². The highest BCUT2D eigenvalue weighted by Gasteiger charge is 2.42. The largest absolute Gasteiger partial charge is 0.385 e. The smallest absolute Gasteiger partial charge is 0.163 e. The molecule has 1 aliphatic heterocycles. The molecule has 1 heterocycles.